The molecule has 0 fully saturated rings. The van der Waals surface area contributed by atoms with Crippen LogP contribution in [0, 0.1) is 11.6 Å². The molecule has 2 N–H and O–H groups in total. The quantitative estimate of drug-likeness (QED) is 0.238. The van der Waals surface area contributed by atoms with Crippen molar-refractivity contribution < 1.29 is 32.6 Å². The Morgan fingerprint density at radius 2 is 1.10 bits per heavy atom. The van der Waals surface area contributed by atoms with Gasteiger partial charge in [0.2, 0.25) is 0 Å². The van der Waals surface area contributed by atoms with E-state index in [0.29, 0.717) is 11.5 Å². The molecule has 9 heteroatoms. The summed E-state index contributed by atoms with van der Waals surface area (Å²) >= 11 is 0. The minimum Gasteiger partial charge on any atom is -0.507 e. The van der Waals surface area contributed by atoms with E-state index in [4.69, 9.17) is 13.6 Å². The van der Waals surface area contributed by atoms with Crippen molar-refractivity contribution in [3.63, 3.8) is 0 Å². The Bertz CT molecular complexity index is 1910. The Morgan fingerprint density at radius 1 is 0.625 bits per heavy atom. The number of aromatic hydroxyl groups is 2. The lowest BCUT2D eigenvalue weighted by Gasteiger charge is -2.20. The van der Waals surface area contributed by atoms with Crippen molar-refractivity contribution in [1.82, 2.24) is 0 Å². The van der Waals surface area contributed by atoms with Gasteiger partial charge in [0.25, 0.3) is 0 Å². The molecule has 0 bridgehead atoms. The molecule has 6 rings (SSSR count). The van der Waals surface area contributed by atoms with Gasteiger partial charge in [-0.3, -0.25) is 0 Å². The molecule has 40 heavy (non-hydrogen) atoms. The molecule has 6 aromatic rings. The van der Waals surface area contributed by atoms with Crippen molar-refractivity contribution in [1.29, 1.82) is 0 Å². The van der Waals surface area contributed by atoms with Gasteiger partial charge in [-0.25, -0.2) is 18.4 Å². The van der Waals surface area contributed by atoms with Gasteiger partial charge in [-0.1, -0.05) is 30.3 Å². The minimum absolute atomic E-state index is 0.0881. The van der Waals surface area contributed by atoms with Crippen LogP contribution in [0.25, 0.3) is 21.9 Å². The van der Waals surface area contributed by atoms with E-state index in [1.807, 2.05) is 6.07 Å². The number of halogens is 2. The molecule has 0 aliphatic rings. The molecule has 0 radical (unpaired) electrons. The summed E-state index contributed by atoms with van der Waals surface area (Å²) in [6, 6.07) is 21.6. The lowest BCUT2D eigenvalue weighted by Crippen LogP contribution is -2.21. The van der Waals surface area contributed by atoms with Crippen molar-refractivity contribution in [3.05, 3.63) is 140 Å². The van der Waals surface area contributed by atoms with Gasteiger partial charge >= 0.3 is 11.3 Å². The average Bonchev–Trinajstić information content (AvgIpc) is 2.94. The van der Waals surface area contributed by atoms with Crippen LogP contribution in [0.15, 0.2) is 109 Å². The number of fused-ring (bicyclic) bond motifs is 2. The molecule has 0 spiro atoms. The number of rotatable bonds is 5. The zero-order chi connectivity index (χ0) is 28.0. The van der Waals surface area contributed by atoms with Gasteiger partial charge in [0.05, 0.1) is 27.8 Å². The smallest absolute Gasteiger partial charge is 0.344 e. The maximum Gasteiger partial charge on any atom is 0.344 e. The third kappa shape index (κ3) is 4.33. The van der Waals surface area contributed by atoms with Crippen LogP contribution < -0.4 is 16.0 Å². The van der Waals surface area contributed by atoms with Crippen LogP contribution >= 0.6 is 0 Å². The Balaban J connectivity index is 1.60. The standard InChI is InChI=1S/C31H18F2O7/c32-17-8-12-23-21(14-17)28(34)26(30(36)39-23)25(16-6-10-20(11-7-16)38-19-4-2-1-3-5-19)27-29(35)22-15-18(33)9-13-24(22)40-31(27)37/h1-15,25,34-35H. The fourth-order valence-corrected chi connectivity index (χ4v) is 4.69. The first-order chi connectivity index (χ1) is 19.3. The van der Waals surface area contributed by atoms with Gasteiger partial charge in [0.15, 0.2) is 0 Å². The molecule has 0 amide bonds. The van der Waals surface area contributed by atoms with Crippen molar-refractivity contribution >= 4 is 21.9 Å². The van der Waals surface area contributed by atoms with E-state index in [9.17, 15) is 28.6 Å². The topological polar surface area (TPSA) is 110 Å². The summed E-state index contributed by atoms with van der Waals surface area (Å²) in [5.74, 6) is -3.19. The summed E-state index contributed by atoms with van der Waals surface area (Å²) in [6.45, 7) is 0. The lowest BCUT2D eigenvalue weighted by molar-refractivity contribution is 0.440. The normalized spacial score (nSPS) is 11.4. The lowest BCUT2D eigenvalue weighted by atomic mass is 9.84. The molecular weight excluding hydrogens is 522 g/mol. The van der Waals surface area contributed by atoms with E-state index in [-0.39, 0.29) is 27.5 Å². The van der Waals surface area contributed by atoms with Crippen molar-refractivity contribution in [3.8, 4) is 23.0 Å². The van der Waals surface area contributed by atoms with Gasteiger partial charge in [-0.2, -0.15) is 0 Å². The first-order valence-electron chi connectivity index (χ1n) is 12.0. The van der Waals surface area contributed by atoms with E-state index in [1.54, 1.807) is 36.4 Å². The van der Waals surface area contributed by atoms with E-state index in [2.05, 4.69) is 0 Å². The van der Waals surface area contributed by atoms with Crippen molar-refractivity contribution in [2.24, 2.45) is 0 Å². The Kier molecular flexibility index (Phi) is 6.03. The summed E-state index contributed by atoms with van der Waals surface area (Å²) < 4.78 is 44.7. The molecule has 2 aromatic heterocycles. The molecule has 4 aromatic carbocycles. The first kappa shape index (κ1) is 24.9. The number of benzene rings is 4. The highest BCUT2D eigenvalue weighted by atomic mass is 19.1. The Morgan fingerprint density at radius 3 is 1.60 bits per heavy atom. The Hall–Kier alpha value is -5.44. The second-order valence-electron chi connectivity index (χ2n) is 9.00. The molecule has 0 saturated carbocycles. The fourth-order valence-electron chi connectivity index (χ4n) is 4.69. The van der Waals surface area contributed by atoms with Gasteiger partial charge in [0, 0.05) is 0 Å². The molecule has 0 aliphatic carbocycles. The third-order valence-corrected chi connectivity index (χ3v) is 6.52. The van der Waals surface area contributed by atoms with Crippen molar-refractivity contribution in [2.75, 3.05) is 0 Å². The summed E-state index contributed by atoms with van der Waals surface area (Å²) in [4.78, 5) is 26.5. The molecule has 0 saturated heterocycles. The first-order valence-corrected chi connectivity index (χ1v) is 12.0. The molecule has 0 unspecified atom stereocenters. The highest BCUT2D eigenvalue weighted by molar-refractivity contribution is 5.87. The second-order valence-corrected chi connectivity index (χ2v) is 9.00. The number of ether oxygens (including phenoxy) is 1. The molecule has 0 atom stereocenters. The van der Waals surface area contributed by atoms with Crippen LogP contribution in [-0.2, 0) is 0 Å². The predicted molar refractivity (Wildman–Crippen MR) is 142 cm³/mol. The molecule has 7 nitrogen and oxygen atoms in total. The van der Waals surface area contributed by atoms with E-state index >= 15 is 0 Å². The number of para-hydroxylation sites is 1. The average molecular weight is 540 g/mol. The van der Waals surface area contributed by atoms with Crippen LogP contribution in [-0.4, -0.2) is 10.2 Å². The van der Waals surface area contributed by atoms with Gasteiger partial charge in [-0.15, -0.1) is 0 Å². The third-order valence-electron chi connectivity index (χ3n) is 6.52. The number of hydrogen-bond donors (Lipinski definition) is 2. The monoisotopic (exact) mass is 540 g/mol. The van der Waals surface area contributed by atoms with Crippen LogP contribution in [0.2, 0.25) is 0 Å². The molecule has 0 aliphatic heterocycles. The van der Waals surface area contributed by atoms with Gasteiger partial charge in [0.1, 0.15) is 45.8 Å². The van der Waals surface area contributed by atoms with Crippen LogP contribution in [0.3, 0.4) is 0 Å². The summed E-state index contributed by atoms with van der Waals surface area (Å²) in [5, 5.41) is 22.2. The highest BCUT2D eigenvalue weighted by Gasteiger charge is 2.32. The van der Waals surface area contributed by atoms with Crippen molar-refractivity contribution in [2.45, 2.75) is 5.92 Å². The van der Waals surface area contributed by atoms with Gasteiger partial charge in [-0.05, 0) is 66.2 Å². The van der Waals surface area contributed by atoms with Crippen LogP contribution in [0.5, 0.6) is 23.0 Å². The Labute approximate surface area is 223 Å². The minimum atomic E-state index is -1.46. The molecular formula is C31H18F2O7. The summed E-state index contributed by atoms with van der Waals surface area (Å²) in [6.07, 6.45) is 0. The van der Waals surface area contributed by atoms with E-state index in [0.717, 1.165) is 24.3 Å². The zero-order valence-corrected chi connectivity index (χ0v) is 20.4. The summed E-state index contributed by atoms with van der Waals surface area (Å²) in [5.41, 5.74) is -2.91. The zero-order valence-electron chi connectivity index (χ0n) is 20.4. The maximum atomic E-state index is 14.1. The predicted octanol–water partition coefficient (Wildman–Crippen LogP) is 6.56. The maximum absolute atomic E-state index is 14.1. The van der Waals surface area contributed by atoms with Gasteiger partial charge < -0.3 is 23.8 Å². The fraction of sp³-hybridized carbons (Fsp3) is 0.0323. The highest BCUT2D eigenvalue weighted by Crippen LogP contribution is 2.42. The van der Waals surface area contributed by atoms with Crippen LogP contribution in [0.4, 0.5) is 8.78 Å². The molecule has 2 heterocycles. The largest absolute Gasteiger partial charge is 0.507 e. The number of hydrogen-bond acceptors (Lipinski definition) is 7. The molecule has 198 valence electrons. The second kappa shape index (κ2) is 9.70. The van der Waals surface area contributed by atoms with E-state index in [1.165, 1.54) is 24.3 Å². The SMILES string of the molecule is O=c1oc2ccc(F)cc2c(O)c1C(c1ccc(Oc2ccccc2)cc1)c1c(O)c2cc(F)ccc2oc1=O. The summed E-state index contributed by atoms with van der Waals surface area (Å²) in [7, 11) is 0. The van der Waals surface area contributed by atoms with Crippen LogP contribution in [0.1, 0.15) is 22.6 Å². The van der Waals surface area contributed by atoms with E-state index < -0.39 is 51.4 Å².